The maximum absolute atomic E-state index is 11.8. The Morgan fingerprint density at radius 2 is 2.07 bits per heavy atom. The highest BCUT2D eigenvalue weighted by Gasteiger charge is 2.24. The van der Waals surface area contributed by atoms with Crippen molar-refractivity contribution in [3.8, 4) is 0 Å². The van der Waals surface area contributed by atoms with Crippen molar-refractivity contribution < 1.29 is 29.2 Å². The van der Waals surface area contributed by atoms with Crippen LogP contribution in [0.15, 0.2) is 12.4 Å². The fourth-order valence-corrected chi connectivity index (χ4v) is 2.03. The smallest absolute Gasteiger partial charge is 0.434 e. The van der Waals surface area contributed by atoms with Crippen LogP contribution in [0, 0.1) is 10.1 Å². The Balaban J connectivity index is 2.41. The quantitative estimate of drug-likeness (QED) is 0.412. The number of rotatable bonds is 9. The lowest BCUT2D eigenvalue weighted by Gasteiger charge is -2.21. The third-order valence-electron chi connectivity index (χ3n) is 3.18. The van der Waals surface area contributed by atoms with Gasteiger partial charge in [0.05, 0.1) is 6.54 Å². The standard InChI is InChI=1S/C15H23N5O7/c1-15(2,3)27-14(24)18-10(12(22)23)4-5-11(21)16-6-8-19-9-7-17-13(19)20(25)26/h7,9-10H,4-6,8H2,1-3H3,(H,16,21)(H,18,24)(H,22,23)/t10-/m1/s1. The summed E-state index contributed by atoms with van der Waals surface area (Å²) >= 11 is 0. The number of carboxylic acid groups (broad SMARTS) is 1. The summed E-state index contributed by atoms with van der Waals surface area (Å²) in [5.74, 6) is -2.07. The number of amides is 2. The Labute approximate surface area is 155 Å². The van der Waals surface area contributed by atoms with Gasteiger partial charge in [0, 0.05) is 13.0 Å². The molecule has 1 rings (SSSR count). The fraction of sp³-hybridized carbons (Fsp3) is 0.600. The summed E-state index contributed by atoms with van der Waals surface area (Å²) < 4.78 is 6.25. The van der Waals surface area contributed by atoms with Crippen molar-refractivity contribution in [3.63, 3.8) is 0 Å². The van der Waals surface area contributed by atoms with E-state index in [1.54, 1.807) is 20.8 Å². The van der Waals surface area contributed by atoms with E-state index >= 15 is 0 Å². The van der Waals surface area contributed by atoms with E-state index in [2.05, 4.69) is 15.6 Å². The number of alkyl carbamates (subject to hydrolysis) is 1. The average Bonchev–Trinajstić information content (AvgIpc) is 2.98. The van der Waals surface area contributed by atoms with Crippen LogP contribution in [-0.4, -0.2) is 55.7 Å². The van der Waals surface area contributed by atoms with Crippen LogP contribution < -0.4 is 10.6 Å². The van der Waals surface area contributed by atoms with Gasteiger partial charge in [0.25, 0.3) is 0 Å². The Kier molecular flexibility index (Phi) is 7.69. The molecule has 0 saturated carbocycles. The lowest BCUT2D eigenvalue weighted by atomic mass is 10.1. The number of nitro groups is 1. The summed E-state index contributed by atoms with van der Waals surface area (Å²) in [6.07, 6.45) is 1.52. The summed E-state index contributed by atoms with van der Waals surface area (Å²) in [5, 5.41) is 24.6. The summed E-state index contributed by atoms with van der Waals surface area (Å²) in [6, 6.07) is -1.28. The molecular formula is C15H23N5O7. The first-order valence-corrected chi connectivity index (χ1v) is 8.14. The number of aliphatic carboxylic acids is 1. The van der Waals surface area contributed by atoms with E-state index in [0.717, 1.165) is 0 Å². The van der Waals surface area contributed by atoms with Gasteiger partial charge in [0.2, 0.25) is 5.91 Å². The monoisotopic (exact) mass is 385 g/mol. The van der Waals surface area contributed by atoms with E-state index < -0.39 is 34.5 Å². The summed E-state index contributed by atoms with van der Waals surface area (Å²) in [5.41, 5.74) is -0.777. The van der Waals surface area contributed by atoms with Crippen LogP contribution in [0.4, 0.5) is 10.7 Å². The predicted molar refractivity (Wildman–Crippen MR) is 91.9 cm³/mol. The fourth-order valence-electron chi connectivity index (χ4n) is 2.03. The first-order chi connectivity index (χ1) is 12.5. The molecular weight excluding hydrogens is 362 g/mol. The predicted octanol–water partition coefficient (Wildman–Crippen LogP) is 0.666. The molecule has 0 unspecified atom stereocenters. The van der Waals surface area contributed by atoms with Gasteiger partial charge in [-0.1, -0.05) is 4.98 Å². The molecule has 3 N–H and O–H groups in total. The van der Waals surface area contributed by atoms with Crippen molar-refractivity contribution >= 4 is 23.9 Å². The van der Waals surface area contributed by atoms with Crippen LogP contribution >= 0.6 is 0 Å². The zero-order chi connectivity index (χ0) is 20.6. The van der Waals surface area contributed by atoms with Gasteiger partial charge in [0.1, 0.15) is 24.0 Å². The van der Waals surface area contributed by atoms with Crippen LogP contribution in [0.1, 0.15) is 33.6 Å². The molecule has 2 amide bonds. The van der Waals surface area contributed by atoms with Gasteiger partial charge in [-0.3, -0.25) is 4.79 Å². The second-order valence-corrected chi connectivity index (χ2v) is 6.60. The Morgan fingerprint density at radius 3 is 2.63 bits per heavy atom. The van der Waals surface area contributed by atoms with Crippen molar-refractivity contribution in [3.05, 3.63) is 22.5 Å². The van der Waals surface area contributed by atoms with Gasteiger partial charge >= 0.3 is 18.0 Å². The maximum atomic E-state index is 11.8. The van der Waals surface area contributed by atoms with Gasteiger partial charge in [-0.2, -0.15) is 0 Å². The topological polar surface area (TPSA) is 166 Å². The number of nitrogens with zero attached hydrogens (tertiary/aromatic N) is 3. The van der Waals surface area contributed by atoms with Gasteiger partial charge in [-0.15, -0.1) is 0 Å². The van der Waals surface area contributed by atoms with Crippen molar-refractivity contribution in [2.45, 2.75) is 51.8 Å². The molecule has 0 bridgehead atoms. The molecule has 1 atom stereocenters. The Morgan fingerprint density at radius 1 is 1.41 bits per heavy atom. The molecule has 150 valence electrons. The highest BCUT2D eigenvalue weighted by Crippen LogP contribution is 2.08. The molecule has 0 aliphatic carbocycles. The van der Waals surface area contributed by atoms with Crippen LogP contribution in [0.5, 0.6) is 0 Å². The molecule has 0 aliphatic heterocycles. The number of carbonyl (C=O) groups excluding carboxylic acids is 2. The molecule has 0 spiro atoms. The summed E-state index contributed by atoms with van der Waals surface area (Å²) in [7, 11) is 0. The lowest BCUT2D eigenvalue weighted by Crippen LogP contribution is -2.44. The molecule has 0 fully saturated rings. The normalized spacial score (nSPS) is 12.1. The second-order valence-electron chi connectivity index (χ2n) is 6.60. The second kappa shape index (κ2) is 9.50. The van der Waals surface area contributed by atoms with E-state index in [-0.39, 0.29) is 31.9 Å². The van der Waals surface area contributed by atoms with E-state index in [0.29, 0.717) is 0 Å². The molecule has 0 aliphatic rings. The number of ether oxygens (including phenoxy) is 1. The number of hydrogen-bond acceptors (Lipinski definition) is 7. The molecule has 0 radical (unpaired) electrons. The van der Waals surface area contributed by atoms with Crippen LogP contribution in [-0.2, 0) is 20.9 Å². The largest absolute Gasteiger partial charge is 0.480 e. The first-order valence-electron chi connectivity index (χ1n) is 8.14. The van der Waals surface area contributed by atoms with Gasteiger partial charge in [-0.25, -0.2) is 14.2 Å². The zero-order valence-corrected chi connectivity index (χ0v) is 15.3. The minimum absolute atomic E-state index is 0.104. The first kappa shape index (κ1) is 21.9. The SMILES string of the molecule is CC(C)(C)OC(=O)N[C@H](CCC(=O)NCCn1ccnc1[N+](=O)[O-])C(=O)O. The number of carboxylic acids is 1. The van der Waals surface area contributed by atoms with E-state index in [1.165, 1.54) is 17.0 Å². The minimum atomic E-state index is -1.29. The summed E-state index contributed by atoms with van der Waals surface area (Å²) in [6.45, 7) is 5.16. The molecule has 12 heteroatoms. The van der Waals surface area contributed by atoms with Gasteiger partial charge < -0.3 is 30.6 Å². The highest BCUT2D eigenvalue weighted by atomic mass is 16.6. The highest BCUT2D eigenvalue weighted by molar-refractivity contribution is 5.81. The molecule has 1 heterocycles. The number of carbonyl (C=O) groups is 3. The lowest BCUT2D eigenvalue weighted by molar-refractivity contribution is -0.396. The van der Waals surface area contributed by atoms with Gasteiger partial charge in [0.15, 0.2) is 0 Å². The van der Waals surface area contributed by atoms with E-state index in [4.69, 9.17) is 9.84 Å². The van der Waals surface area contributed by atoms with Crippen molar-refractivity contribution in [2.75, 3.05) is 6.54 Å². The van der Waals surface area contributed by atoms with E-state index in [1.807, 2.05) is 0 Å². The number of imidazole rings is 1. The third-order valence-corrected chi connectivity index (χ3v) is 3.18. The molecule has 27 heavy (non-hydrogen) atoms. The molecule has 0 aromatic carbocycles. The van der Waals surface area contributed by atoms with Gasteiger partial charge in [-0.05, 0) is 32.1 Å². The van der Waals surface area contributed by atoms with Crippen LogP contribution in [0.25, 0.3) is 0 Å². The van der Waals surface area contributed by atoms with E-state index in [9.17, 15) is 24.5 Å². The molecule has 0 saturated heterocycles. The van der Waals surface area contributed by atoms with Crippen LogP contribution in [0.2, 0.25) is 0 Å². The number of nitrogens with one attached hydrogen (secondary N) is 2. The molecule has 1 aromatic rings. The molecule has 1 aromatic heterocycles. The van der Waals surface area contributed by atoms with Crippen molar-refractivity contribution in [1.29, 1.82) is 0 Å². The Hall–Kier alpha value is -3.18. The minimum Gasteiger partial charge on any atom is -0.480 e. The summed E-state index contributed by atoms with van der Waals surface area (Å²) in [4.78, 5) is 48.4. The van der Waals surface area contributed by atoms with Crippen molar-refractivity contribution in [1.82, 2.24) is 20.2 Å². The number of hydrogen-bond donors (Lipinski definition) is 3. The number of aromatic nitrogens is 2. The van der Waals surface area contributed by atoms with Crippen LogP contribution in [0.3, 0.4) is 0 Å². The Bertz CT molecular complexity index is 695. The van der Waals surface area contributed by atoms with Crippen molar-refractivity contribution in [2.24, 2.45) is 0 Å². The zero-order valence-electron chi connectivity index (χ0n) is 15.3. The molecule has 12 nitrogen and oxygen atoms in total. The third kappa shape index (κ3) is 8.16. The maximum Gasteiger partial charge on any atom is 0.434 e. The average molecular weight is 385 g/mol.